The average molecular weight is 253 g/mol. The fraction of sp³-hybridized carbons (Fsp3) is 0.600. The summed E-state index contributed by atoms with van der Waals surface area (Å²) >= 11 is 0. The summed E-state index contributed by atoms with van der Waals surface area (Å²) in [6.07, 6.45) is 6.29. The Morgan fingerprint density at radius 1 is 1.28 bits per heavy atom. The Labute approximate surface area is 109 Å². The lowest BCUT2D eigenvalue weighted by Gasteiger charge is -2.13. The number of anilines is 1. The van der Waals surface area contributed by atoms with Crippen LogP contribution in [0.15, 0.2) is 18.2 Å². The molecule has 0 heterocycles. The molecule has 0 amide bonds. The van der Waals surface area contributed by atoms with E-state index in [1.54, 1.807) is 6.07 Å². The third kappa shape index (κ3) is 5.50. The summed E-state index contributed by atoms with van der Waals surface area (Å²) in [6, 6.07) is 4.83. The Morgan fingerprint density at radius 3 is 2.72 bits per heavy atom. The van der Waals surface area contributed by atoms with E-state index in [9.17, 15) is 4.39 Å². The molecule has 0 saturated carbocycles. The minimum absolute atomic E-state index is 0.186. The molecule has 0 saturated heterocycles. The van der Waals surface area contributed by atoms with Crippen molar-refractivity contribution >= 4 is 5.69 Å². The fourth-order valence-electron chi connectivity index (χ4n) is 1.84. The summed E-state index contributed by atoms with van der Waals surface area (Å²) in [5.74, 6) is -0.369. The van der Waals surface area contributed by atoms with Crippen LogP contribution in [0.4, 0.5) is 10.1 Å². The Morgan fingerprint density at radius 2 is 2.06 bits per heavy atom. The smallest absolute Gasteiger partial charge is 0.146 e. The maximum absolute atomic E-state index is 13.2. The molecule has 0 spiro atoms. The normalized spacial score (nSPS) is 12.6. The van der Waals surface area contributed by atoms with Crippen molar-refractivity contribution in [2.24, 2.45) is 0 Å². The Kier molecular flexibility index (Phi) is 6.73. The highest BCUT2D eigenvalue weighted by molar-refractivity contribution is 5.41. The van der Waals surface area contributed by atoms with Crippen LogP contribution in [0.3, 0.4) is 0 Å². The summed E-state index contributed by atoms with van der Waals surface area (Å²) in [5, 5.41) is 0. The molecule has 0 bridgehead atoms. The van der Waals surface area contributed by atoms with Gasteiger partial charge in [-0.3, -0.25) is 0 Å². The molecule has 1 unspecified atom stereocenters. The maximum atomic E-state index is 13.2. The van der Waals surface area contributed by atoms with Gasteiger partial charge in [-0.2, -0.15) is 0 Å². The molecule has 0 aliphatic heterocycles. The van der Waals surface area contributed by atoms with Gasteiger partial charge in [0.1, 0.15) is 5.82 Å². The lowest BCUT2D eigenvalue weighted by Crippen LogP contribution is -2.08. The van der Waals surface area contributed by atoms with E-state index in [4.69, 9.17) is 10.5 Å². The van der Waals surface area contributed by atoms with Crippen molar-refractivity contribution in [2.45, 2.75) is 58.7 Å². The molecule has 1 atom stereocenters. The molecule has 0 radical (unpaired) electrons. The first-order valence-electron chi connectivity index (χ1n) is 6.79. The average Bonchev–Trinajstić information content (AvgIpc) is 2.36. The van der Waals surface area contributed by atoms with Gasteiger partial charge in [0.2, 0.25) is 0 Å². The summed E-state index contributed by atoms with van der Waals surface area (Å²) in [6.45, 7) is 4.72. The zero-order valence-electron chi connectivity index (χ0n) is 11.4. The SMILES string of the molecule is CCCCCCC(C)OCc1ccc(N)c(F)c1. The molecule has 1 aromatic carbocycles. The molecular weight excluding hydrogens is 229 g/mol. The van der Waals surface area contributed by atoms with Crippen LogP contribution in [0.25, 0.3) is 0 Å². The number of halogens is 1. The van der Waals surface area contributed by atoms with Crippen molar-refractivity contribution in [3.8, 4) is 0 Å². The predicted octanol–water partition coefficient (Wildman–Crippen LogP) is 4.28. The lowest BCUT2D eigenvalue weighted by atomic mass is 10.1. The highest BCUT2D eigenvalue weighted by Gasteiger charge is 2.04. The largest absolute Gasteiger partial charge is 0.396 e. The quantitative estimate of drug-likeness (QED) is 0.554. The van der Waals surface area contributed by atoms with Crippen LogP contribution in [0.5, 0.6) is 0 Å². The highest BCUT2D eigenvalue weighted by Crippen LogP contribution is 2.14. The van der Waals surface area contributed by atoms with Crippen LogP contribution in [0, 0.1) is 5.82 Å². The van der Waals surface area contributed by atoms with Crippen molar-refractivity contribution in [3.05, 3.63) is 29.6 Å². The van der Waals surface area contributed by atoms with E-state index in [1.165, 1.54) is 31.7 Å². The van der Waals surface area contributed by atoms with Crippen molar-refractivity contribution in [1.29, 1.82) is 0 Å². The van der Waals surface area contributed by atoms with E-state index in [-0.39, 0.29) is 17.6 Å². The van der Waals surface area contributed by atoms with Gasteiger partial charge in [0.05, 0.1) is 18.4 Å². The summed E-state index contributed by atoms with van der Waals surface area (Å²) in [7, 11) is 0. The molecule has 0 fully saturated rings. The van der Waals surface area contributed by atoms with Gasteiger partial charge >= 0.3 is 0 Å². The standard InChI is InChI=1S/C15H24FNO/c1-3-4-5-6-7-12(2)18-11-13-8-9-15(17)14(16)10-13/h8-10,12H,3-7,11,17H2,1-2H3. The van der Waals surface area contributed by atoms with Gasteiger partial charge in [-0.25, -0.2) is 4.39 Å². The monoisotopic (exact) mass is 253 g/mol. The minimum atomic E-state index is -0.369. The van der Waals surface area contributed by atoms with E-state index < -0.39 is 0 Å². The van der Waals surface area contributed by atoms with E-state index in [1.807, 2.05) is 6.07 Å². The molecule has 102 valence electrons. The number of unbranched alkanes of at least 4 members (excludes halogenated alkanes) is 3. The van der Waals surface area contributed by atoms with Gasteiger partial charge in [-0.05, 0) is 31.0 Å². The predicted molar refractivity (Wildman–Crippen MR) is 73.8 cm³/mol. The first-order chi connectivity index (χ1) is 8.63. The molecule has 1 aromatic rings. The highest BCUT2D eigenvalue weighted by atomic mass is 19.1. The summed E-state index contributed by atoms with van der Waals surface area (Å²) in [4.78, 5) is 0. The van der Waals surface area contributed by atoms with E-state index >= 15 is 0 Å². The van der Waals surface area contributed by atoms with E-state index in [0.29, 0.717) is 6.61 Å². The van der Waals surface area contributed by atoms with Crippen molar-refractivity contribution < 1.29 is 9.13 Å². The van der Waals surface area contributed by atoms with E-state index in [0.717, 1.165) is 12.0 Å². The molecule has 0 aromatic heterocycles. The Balaban J connectivity index is 2.24. The first-order valence-corrected chi connectivity index (χ1v) is 6.79. The van der Waals surface area contributed by atoms with Crippen LogP contribution in [-0.4, -0.2) is 6.10 Å². The fourth-order valence-corrected chi connectivity index (χ4v) is 1.84. The molecule has 2 N–H and O–H groups in total. The van der Waals surface area contributed by atoms with Gasteiger partial charge in [0.15, 0.2) is 0 Å². The number of ether oxygens (including phenoxy) is 1. The molecular formula is C15H24FNO. The van der Waals surface area contributed by atoms with Crippen molar-refractivity contribution in [2.75, 3.05) is 5.73 Å². The number of benzene rings is 1. The van der Waals surface area contributed by atoms with Crippen LogP contribution >= 0.6 is 0 Å². The number of nitrogen functional groups attached to an aromatic ring is 1. The number of nitrogens with two attached hydrogens (primary N) is 1. The van der Waals surface area contributed by atoms with Crippen LogP contribution in [0.1, 0.15) is 51.5 Å². The third-order valence-corrected chi connectivity index (χ3v) is 3.06. The van der Waals surface area contributed by atoms with Gasteiger partial charge in [0, 0.05) is 0 Å². The van der Waals surface area contributed by atoms with Gasteiger partial charge in [-0.15, -0.1) is 0 Å². The minimum Gasteiger partial charge on any atom is -0.396 e. The molecule has 0 aliphatic rings. The second-order valence-corrected chi connectivity index (χ2v) is 4.83. The molecule has 18 heavy (non-hydrogen) atoms. The zero-order chi connectivity index (χ0) is 13.4. The van der Waals surface area contributed by atoms with Gasteiger partial charge < -0.3 is 10.5 Å². The Bertz CT molecular complexity index is 354. The Hall–Kier alpha value is -1.09. The molecule has 1 rings (SSSR count). The number of hydrogen-bond donors (Lipinski definition) is 1. The van der Waals surface area contributed by atoms with Crippen LogP contribution in [0.2, 0.25) is 0 Å². The van der Waals surface area contributed by atoms with E-state index in [2.05, 4.69) is 13.8 Å². The van der Waals surface area contributed by atoms with Gasteiger partial charge in [0.25, 0.3) is 0 Å². The number of hydrogen-bond acceptors (Lipinski definition) is 2. The van der Waals surface area contributed by atoms with Crippen LogP contribution < -0.4 is 5.73 Å². The third-order valence-electron chi connectivity index (χ3n) is 3.06. The zero-order valence-corrected chi connectivity index (χ0v) is 11.4. The second-order valence-electron chi connectivity index (χ2n) is 4.83. The van der Waals surface area contributed by atoms with Crippen LogP contribution in [-0.2, 0) is 11.3 Å². The maximum Gasteiger partial charge on any atom is 0.146 e. The summed E-state index contributed by atoms with van der Waals surface area (Å²) in [5.41, 5.74) is 6.44. The van der Waals surface area contributed by atoms with Crippen molar-refractivity contribution in [1.82, 2.24) is 0 Å². The summed E-state index contributed by atoms with van der Waals surface area (Å²) < 4.78 is 18.9. The van der Waals surface area contributed by atoms with Gasteiger partial charge in [-0.1, -0.05) is 38.7 Å². The topological polar surface area (TPSA) is 35.2 Å². The first kappa shape index (κ1) is 15.0. The molecule has 3 heteroatoms. The molecule has 0 aliphatic carbocycles. The second kappa shape index (κ2) is 8.09. The molecule has 2 nitrogen and oxygen atoms in total. The van der Waals surface area contributed by atoms with Crippen molar-refractivity contribution in [3.63, 3.8) is 0 Å². The number of rotatable bonds is 8. The lowest BCUT2D eigenvalue weighted by molar-refractivity contribution is 0.0458.